The molecule has 1 aliphatic heterocycles. The Bertz CT molecular complexity index is 1770. The van der Waals surface area contributed by atoms with Gasteiger partial charge in [-0.1, -0.05) is 13.0 Å². The van der Waals surface area contributed by atoms with Crippen LogP contribution in [0.4, 0.5) is 13.6 Å². The van der Waals surface area contributed by atoms with E-state index in [0.717, 1.165) is 6.08 Å². The number of aliphatic hydroxyl groups is 1. The Morgan fingerprint density at radius 1 is 1.07 bits per heavy atom. The molecule has 0 aromatic heterocycles. The minimum atomic E-state index is -2.39. The second kappa shape index (κ2) is 14.0. The topological polar surface area (TPSA) is 197 Å². The van der Waals surface area contributed by atoms with E-state index < -0.39 is 99.9 Å². The zero-order chi connectivity index (χ0) is 39.6. The maximum Gasteiger partial charge on any atom is 0.514 e. The Morgan fingerprint density at radius 2 is 1.80 bits per heavy atom. The van der Waals surface area contributed by atoms with Gasteiger partial charge in [-0.05, 0) is 88.8 Å². The molecule has 0 bridgehead atoms. The number of nitrogens with zero attached hydrogens (tertiary/aromatic N) is 1. The molecule has 3 N–H and O–H groups in total. The second-order valence-electron chi connectivity index (χ2n) is 15.5. The number of esters is 1. The fraction of sp³-hybridized carbons (Fsp3) is 0.622. The molecule has 0 radical (unpaired) electrons. The molecular formula is C37H45F2NO14. The number of ether oxygens (including phenoxy) is 6. The van der Waals surface area contributed by atoms with E-state index in [0.29, 0.717) is 0 Å². The summed E-state index contributed by atoms with van der Waals surface area (Å²) in [5.74, 6) is -5.26. The zero-order valence-corrected chi connectivity index (χ0v) is 30.7. The number of hydrogen-bond donors (Lipinski definition) is 3. The van der Waals surface area contributed by atoms with Crippen molar-refractivity contribution in [2.45, 2.75) is 102 Å². The number of Topliss-reactive ketones (excluding diaryl/α,β-unsaturated/α-hetero) is 1. The third-order valence-electron chi connectivity index (χ3n) is 12.0. The van der Waals surface area contributed by atoms with E-state index in [2.05, 4.69) is 4.84 Å². The van der Waals surface area contributed by atoms with Gasteiger partial charge in [0, 0.05) is 23.2 Å². The lowest BCUT2D eigenvalue weighted by molar-refractivity contribution is -0.503. The van der Waals surface area contributed by atoms with Crippen LogP contribution >= 0.6 is 0 Å². The Hall–Kier alpha value is -3.84. The van der Waals surface area contributed by atoms with Gasteiger partial charge in [-0.2, -0.15) is 0 Å². The molecule has 1 saturated heterocycles. The highest BCUT2D eigenvalue weighted by Crippen LogP contribution is 2.72. The van der Waals surface area contributed by atoms with Gasteiger partial charge in [-0.3, -0.25) is 20.0 Å². The number of aliphatic hydroxyl groups excluding tert-OH is 1. The average Bonchev–Trinajstić information content (AvgIpc) is 3.50. The van der Waals surface area contributed by atoms with E-state index in [1.807, 2.05) is 0 Å². The number of methoxy groups -OCH3 is 1. The number of alkyl halides is 2. The summed E-state index contributed by atoms with van der Waals surface area (Å²) in [5.41, 5.74) is -7.13. The molecule has 1 aromatic rings. The molecule has 1 aromatic carbocycles. The largest absolute Gasteiger partial charge is 0.514 e. The standard InChI is InChI=1S/C37H45F2NO14/c1-19(53-40(46)47)10-12-49-31(44)20-7-8-26(27(13-20)48-6)51-32(45)50-18-29(43)37-30(52-33(2,3)54-37)16-22-23-15-25(38)24-14-21(41)9-11-34(24,4)36(23,39)28(42)17-35(22,37)5/h7-9,11,13-14,19,22-23,25,28,30,42,46-47H,10,12,15-18H2,1-6H3/t19?,22?,23?,25-,28-,30+,34-,35-,36-,37+/m0/s1. The first-order chi connectivity index (χ1) is 25.2. The van der Waals surface area contributed by atoms with Crippen molar-refractivity contribution in [3.05, 3.63) is 47.6 Å². The molecule has 3 unspecified atom stereocenters. The third-order valence-corrected chi connectivity index (χ3v) is 12.0. The summed E-state index contributed by atoms with van der Waals surface area (Å²) in [6.45, 7) is 6.92. The quantitative estimate of drug-likeness (QED) is 0.161. The maximum absolute atomic E-state index is 17.7. The third kappa shape index (κ3) is 6.32. The van der Waals surface area contributed by atoms with E-state index in [1.165, 1.54) is 51.3 Å². The molecule has 0 amide bonds. The van der Waals surface area contributed by atoms with Crippen molar-refractivity contribution in [1.29, 1.82) is 0 Å². The molecule has 3 saturated carbocycles. The Labute approximate surface area is 309 Å². The van der Waals surface area contributed by atoms with Crippen LogP contribution < -0.4 is 9.47 Å². The van der Waals surface area contributed by atoms with Crippen molar-refractivity contribution in [1.82, 2.24) is 5.39 Å². The van der Waals surface area contributed by atoms with Crippen molar-refractivity contribution in [2.75, 3.05) is 20.3 Å². The summed E-state index contributed by atoms with van der Waals surface area (Å²) < 4.78 is 67.2. The predicted molar refractivity (Wildman–Crippen MR) is 178 cm³/mol. The number of carbonyl (C=O) groups is 4. The second-order valence-corrected chi connectivity index (χ2v) is 15.5. The number of hydrogen-bond acceptors (Lipinski definition) is 15. The molecule has 6 rings (SSSR count). The molecule has 10 atom stereocenters. The normalized spacial score (nSPS) is 36.6. The summed E-state index contributed by atoms with van der Waals surface area (Å²) in [6, 6.07) is 3.80. The van der Waals surface area contributed by atoms with Crippen molar-refractivity contribution in [3.8, 4) is 11.5 Å². The number of fused-ring (bicyclic) bond motifs is 7. The number of ketones is 2. The average molecular weight is 766 g/mol. The highest BCUT2D eigenvalue weighted by atomic mass is 19.1. The van der Waals surface area contributed by atoms with Crippen molar-refractivity contribution >= 4 is 23.7 Å². The monoisotopic (exact) mass is 765 g/mol. The summed E-state index contributed by atoms with van der Waals surface area (Å²) in [7, 11) is 1.26. The first-order valence-corrected chi connectivity index (χ1v) is 17.6. The molecule has 17 heteroatoms. The predicted octanol–water partition coefficient (Wildman–Crippen LogP) is 4.55. The van der Waals surface area contributed by atoms with Crippen molar-refractivity contribution in [2.24, 2.45) is 22.7 Å². The fourth-order valence-electron chi connectivity index (χ4n) is 9.65. The van der Waals surface area contributed by atoms with Crippen LogP contribution in [0.15, 0.2) is 42.0 Å². The number of rotatable bonds is 11. The molecule has 54 heavy (non-hydrogen) atoms. The van der Waals surface area contributed by atoms with Gasteiger partial charge in [-0.15, -0.1) is 0 Å². The Kier molecular flexibility index (Phi) is 10.3. The minimum absolute atomic E-state index is 0.0245. The van der Waals surface area contributed by atoms with Gasteiger partial charge in [0.1, 0.15) is 6.17 Å². The van der Waals surface area contributed by atoms with Crippen LogP contribution in [0.1, 0.15) is 70.7 Å². The van der Waals surface area contributed by atoms with Crippen LogP contribution in [0.25, 0.3) is 0 Å². The Balaban J connectivity index is 1.17. The number of halogens is 2. The molecular weight excluding hydrogens is 720 g/mol. The highest BCUT2D eigenvalue weighted by Gasteiger charge is 2.80. The van der Waals surface area contributed by atoms with Crippen LogP contribution in [0.3, 0.4) is 0 Å². The first-order valence-electron chi connectivity index (χ1n) is 17.6. The fourth-order valence-corrected chi connectivity index (χ4v) is 9.65. The van der Waals surface area contributed by atoms with E-state index in [1.54, 1.807) is 20.8 Å². The van der Waals surface area contributed by atoms with Crippen LogP contribution in [0, 0.1) is 22.7 Å². The molecule has 4 fully saturated rings. The zero-order valence-electron chi connectivity index (χ0n) is 30.7. The van der Waals surface area contributed by atoms with Crippen LogP contribution in [0.2, 0.25) is 0 Å². The van der Waals surface area contributed by atoms with Gasteiger partial charge in [0.05, 0.1) is 43.0 Å². The maximum atomic E-state index is 17.7. The van der Waals surface area contributed by atoms with Crippen molar-refractivity contribution in [3.63, 3.8) is 0 Å². The highest BCUT2D eigenvalue weighted by molar-refractivity contribution is 6.01. The summed E-state index contributed by atoms with van der Waals surface area (Å²) in [5, 5.41) is 28.7. The number of benzene rings is 1. The molecule has 1 heterocycles. The lowest BCUT2D eigenvalue weighted by Gasteiger charge is -2.63. The first kappa shape index (κ1) is 39.8. The minimum Gasteiger partial charge on any atom is -0.493 e. The summed E-state index contributed by atoms with van der Waals surface area (Å²) in [6.07, 6.45) is -3.08. The van der Waals surface area contributed by atoms with Gasteiger partial charge < -0.3 is 33.5 Å². The van der Waals surface area contributed by atoms with Gasteiger partial charge in [0.15, 0.2) is 40.9 Å². The van der Waals surface area contributed by atoms with Crippen LogP contribution in [0.5, 0.6) is 11.5 Å². The molecule has 5 aliphatic rings. The van der Waals surface area contributed by atoms with Gasteiger partial charge in [0.25, 0.3) is 0 Å². The molecule has 4 aliphatic carbocycles. The number of carbonyl (C=O) groups excluding carboxylic acids is 4. The smallest absolute Gasteiger partial charge is 0.493 e. The summed E-state index contributed by atoms with van der Waals surface area (Å²) in [4.78, 5) is 56.6. The Morgan fingerprint density at radius 3 is 2.48 bits per heavy atom. The van der Waals surface area contributed by atoms with E-state index in [4.69, 9.17) is 38.8 Å². The van der Waals surface area contributed by atoms with E-state index in [9.17, 15) is 24.3 Å². The molecule has 15 nitrogen and oxygen atoms in total. The van der Waals surface area contributed by atoms with E-state index in [-0.39, 0.29) is 54.9 Å². The molecule has 296 valence electrons. The molecule has 0 spiro atoms. The lowest BCUT2D eigenvalue weighted by Crippen LogP contribution is -2.71. The van der Waals surface area contributed by atoms with E-state index >= 15 is 8.78 Å². The SMILES string of the molecule is COc1cc(C(=O)OCCC(C)ON(O)O)ccc1OC(=O)OCC(=O)[C@@]12OC(C)(C)O[C@@H]1CC1C3C[C@H](F)C4=CC(=O)C=C[C@]4(C)[C@@]3(F)[C@@H](O)C[C@@]12C. The number of allylic oxidation sites excluding steroid dienone is 4. The van der Waals surface area contributed by atoms with Gasteiger partial charge in [0.2, 0.25) is 5.78 Å². The van der Waals surface area contributed by atoms with Crippen LogP contribution in [-0.2, 0) is 33.4 Å². The van der Waals surface area contributed by atoms with Crippen molar-refractivity contribution < 1.29 is 76.7 Å². The lowest BCUT2D eigenvalue weighted by atomic mass is 9.44. The summed E-state index contributed by atoms with van der Waals surface area (Å²) >= 11 is 0. The van der Waals surface area contributed by atoms with Gasteiger partial charge >= 0.3 is 12.1 Å². The van der Waals surface area contributed by atoms with Gasteiger partial charge in [-0.25, -0.2) is 23.2 Å². The van der Waals surface area contributed by atoms with Crippen LogP contribution in [-0.4, -0.2) is 106 Å².